The summed E-state index contributed by atoms with van der Waals surface area (Å²) in [7, 11) is 0. The van der Waals surface area contributed by atoms with Crippen molar-refractivity contribution in [1.82, 2.24) is 5.43 Å². The minimum absolute atomic E-state index is 0.342. The van der Waals surface area contributed by atoms with Crippen LogP contribution in [0.1, 0.15) is 56.1 Å². The fraction of sp³-hybridized carbons (Fsp3) is 0.556. The van der Waals surface area contributed by atoms with Gasteiger partial charge in [0, 0.05) is 6.04 Å². The average Bonchev–Trinajstić information content (AvgIpc) is 2.43. The molecular weight excluding hydrogens is 244 g/mol. The summed E-state index contributed by atoms with van der Waals surface area (Å²) in [6.45, 7) is 2.13. The molecule has 20 heavy (non-hydrogen) atoms. The van der Waals surface area contributed by atoms with Crippen LogP contribution in [-0.4, -0.2) is 6.04 Å². The van der Waals surface area contributed by atoms with Gasteiger partial charge in [-0.05, 0) is 51.0 Å². The third-order valence-corrected chi connectivity index (χ3v) is 4.32. The summed E-state index contributed by atoms with van der Waals surface area (Å²) >= 11 is 0. The molecule has 3 N–H and O–H groups in total. The number of hydrazine groups is 1. The summed E-state index contributed by atoms with van der Waals surface area (Å²) in [5.41, 5.74) is 7.29. The molecule has 0 spiro atoms. The van der Waals surface area contributed by atoms with Gasteiger partial charge in [0.05, 0.1) is 0 Å². The molecule has 1 atom stereocenters. The third-order valence-electron chi connectivity index (χ3n) is 4.32. The first-order chi connectivity index (χ1) is 9.79. The van der Waals surface area contributed by atoms with Crippen LogP contribution in [0.5, 0.6) is 0 Å². The third kappa shape index (κ3) is 4.77. The maximum absolute atomic E-state index is 5.79. The van der Waals surface area contributed by atoms with Crippen LogP contribution in [-0.2, 0) is 6.42 Å². The van der Waals surface area contributed by atoms with E-state index in [9.17, 15) is 0 Å². The number of hydrogen-bond acceptors (Lipinski definition) is 2. The first-order valence-electron chi connectivity index (χ1n) is 8.00. The highest BCUT2D eigenvalue weighted by molar-refractivity contribution is 5.22. The standard InChI is InChI=1S/C18H28N2/c1-15-9-11-16(12-10-15)13-14-18(20-19)17-7-5-3-2-4-6-8-17/h7,9-12,18,20H,2-6,8,13-14,19H2,1H3/b17-7+. The van der Waals surface area contributed by atoms with Gasteiger partial charge in [0.25, 0.3) is 0 Å². The first-order valence-corrected chi connectivity index (χ1v) is 8.00. The smallest absolute Gasteiger partial charge is 0.0422 e. The van der Waals surface area contributed by atoms with E-state index in [0.717, 1.165) is 12.8 Å². The molecule has 0 saturated heterocycles. The second-order valence-electron chi connectivity index (χ2n) is 5.98. The summed E-state index contributed by atoms with van der Waals surface area (Å²) in [5, 5.41) is 0. The van der Waals surface area contributed by atoms with Crippen molar-refractivity contribution in [1.29, 1.82) is 0 Å². The molecule has 0 bridgehead atoms. The predicted molar refractivity (Wildman–Crippen MR) is 86.4 cm³/mol. The van der Waals surface area contributed by atoms with Crippen LogP contribution in [0.15, 0.2) is 35.9 Å². The van der Waals surface area contributed by atoms with E-state index in [-0.39, 0.29) is 0 Å². The highest BCUT2D eigenvalue weighted by Gasteiger charge is 2.13. The van der Waals surface area contributed by atoms with E-state index in [4.69, 9.17) is 5.84 Å². The predicted octanol–water partition coefficient (Wildman–Crippen LogP) is 4.04. The highest BCUT2D eigenvalue weighted by Crippen LogP contribution is 2.21. The van der Waals surface area contributed by atoms with Crippen LogP contribution < -0.4 is 11.3 Å². The molecule has 2 rings (SSSR count). The molecule has 2 nitrogen and oxygen atoms in total. The molecule has 2 heteroatoms. The number of rotatable bonds is 5. The molecule has 0 aromatic heterocycles. The maximum Gasteiger partial charge on any atom is 0.0422 e. The number of hydrogen-bond donors (Lipinski definition) is 2. The Morgan fingerprint density at radius 2 is 1.85 bits per heavy atom. The van der Waals surface area contributed by atoms with Crippen molar-refractivity contribution < 1.29 is 0 Å². The lowest BCUT2D eigenvalue weighted by Crippen LogP contribution is -2.37. The van der Waals surface area contributed by atoms with Gasteiger partial charge in [-0.2, -0.15) is 0 Å². The number of benzene rings is 1. The van der Waals surface area contributed by atoms with Crippen LogP contribution >= 0.6 is 0 Å². The van der Waals surface area contributed by atoms with Crippen molar-refractivity contribution in [2.75, 3.05) is 0 Å². The first kappa shape index (κ1) is 15.3. The highest BCUT2D eigenvalue weighted by atomic mass is 15.2. The fourth-order valence-corrected chi connectivity index (χ4v) is 2.97. The molecule has 110 valence electrons. The van der Waals surface area contributed by atoms with Crippen LogP contribution in [0.25, 0.3) is 0 Å². The Balaban J connectivity index is 1.92. The Bertz CT molecular complexity index is 420. The molecule has 0 aliphatic heterocycles. The molecule has 1 aromatic carbocycles. The number of nitrogens with two attached hydrogens (primary N) is 1. The fourth-order valence-electron chi connectivity index (χ4n) is 2.97. The molecular formula is C18H28N2. The van der Waals surface area contributed by atoms with Crippen molar-refractivity contribution in [3.8, 4) is 0 Å². The van der Waals surface area contributed by atoms with Crippen molar-refractivity contribution in [3.05, 3.63) is 47.0 Å². The lowest BCUT2D eigenvalue weighted by molar-refractivity contribution is 0.513. The van der Waals surface area contributed by atoms with Gasteiger partial charge in [0.15, 0.2) is 0 Å². The Labute approximate surface area is 123 Å². The van der Waals surface area contributed by atoms with Gasteiger partial charge < -0.3 is 0 Å². The maximum atomic E-state index is 5.79. The van der Waals surface area contributed by atoms with Gasteiger partial charge in [0.1, 0.15) is 0 Å². The van der Waals surface area contributed by atoms with Gasteiger partial charge in [-0.3, -0.25) is 11.3 Å². The number of aryl methyl sites for hydroxylation is 2. The second kappa shape index (κ2) is 8.23. The lowest BCUT2D eigenvalue weighted by atomic mass is 9.92. The Kier molecular flexibility index (Phi) is 6.28. The van der Waals surface area contributed by atoms with E-state index >= 15 is 0 Å². The second-order valence-corrected chi connectivity index (χ2v) is 5.98. The minimum atomic E-state index is 0.342. The normalized spacial score (nSPS) is 20.6. The summed E-state index contributed by atoms with van der Waals surface area (Å²) in [5.74, 6) is 5.79. The van der Waals surface area contributed by atoms with Crippen molar-refractivity contribution in [3.63, 3.8) is 0 Å². The topological polar surface area (TPSA) is 38.0 Å². The molecule has 0 fully saturated rings. The summed E-state index contributed by atoms with van der Waals surface area (Å²) < 4.78 is 0. The van der Waals surface area contributed by atoms with E-state index in [2.05, 4.69) is 42.7 Å². The summed E-state index contributed by atoms with van der Waals surface area (Å²) in [6, 6.07) is 9.18. The molecule has 1 unspecified atom stereocenters. The van der Waals surface area contributed by atoms with E-state index in [0.29, 0.717) is 6.04 Å². The van der Waals surface area contributed by atoms with Crippen LogP contribution in [0.3, 0.4) is 0 Å². The molecule has 0 amide bonds. The monoisotopic (exact) mass is 272 g/mol. The number of nitrogens with one attached hydrogen (secondary N) is 1. The SMILES string of the molecule is Cc1ccc(CCC(NN)/C2=C/CCCCCC2)cc1. The molecule has 0 radical (unpaired) electrons. The van der Waals surface area contributed by atoms with Crippen LogP contribution in [0.4, 0.5) is 0 Å². The molecule has 1 aliphatic carbocycles. The quantitative estimate of drug-likeness (QED) is 0.482. The van der Waals surface area contributed by atoms with Gasteiger partial charge >= 0.3 is 0 Å². The van der Waals surface area contributed by atoms with Gasteiger partial charge in [-0.15, -0.1) is 0 Å². The van der Waals surface area contributed by atoms with E-state index in [1.165, 1.54) is 55.2 Å². The van der Waals surface area contributed by atoms with Crippen LogP contribution in [0.2, 0.25) is 0 Å². The number of allylic oxidation sites excluding steroid dienone is 1. The molecule has 0 saturated carbocycles. The van der Waals surface area contributed by atoms with Gasteiger partial charge in [0.2, 0.25) is 0 Å². The van der Waals surface area contributed by atoms with Crippen LogP contribution in [0, 0.1) is 6.92 Å². The Morgan fingerprint density at radius 3 is 2.60 bits per heavy atom. The van der Waals surface area contributed by atoms with Crippen molar-refractivity contribution in [2.45, 2.75) is 64.3 Å². The van der Waals surface area contributed by atoms with E-state index in [1.807, 2.05) is 0 Å². The van der Waals surface area contributed by atoms with E-state index in [1.54, 1.807) is 0 Å². The lowest BCUT2D eigenvalue weighted by Gasteiger charge is -2.21. The largest absolute Gasteiger partial charge is 0.271 e. The zero-order valence-electron chi connectivity index (χ0n) is 12.7. The Morgan fingerprint density at radius 1 is 1.10 bits per heavy atom. The summed E-state index contributed by atoms with van der Waals surface area (Å²) in [4.78, 5) is 0. The summed E-state index contributed by atoms with van der Waals surface area (Å²) in [6.07, 6.45) is 12.4. The molecule has 0 heterocycles. The zero-order chi connectivity index (χ0) is 14.2. The molecule has 1 aliphatic rings. The van der Waals surface area contributed by atoms with Crippen molar-refractivity contribution >= 4 is 0 Å². The van der Waals surface area contributed by atoms with Gasteiger partial charge in [-0.25, -0.2) is 0 Å². The zero-order valence-corrected chi connectivity index (χ0v) is 12.7. The van der Waals surface area contributed by atoms with Crippen molar-refractivity contribution in [2.24, 2.45) is 5.84 Å². The minimum Gasteiger partial charge on any atom is -0.271 e. The van der Waals surface area contributed by atoms with E-state index < -0.39 is 0 Å². The average molecular weight is 272 g/mol. The van der Waals surface area contributed by atoms with Gasteiger partial charge in [-0.1, -0.05) is 54.3 Å². The Hall–Kier alpha value is -1.12. The molecule has 1 aromatic rings.